The van der Waals surface area contributed by atoms with Crippen LogP contribution in [0.5, 0.6) is 5.75 Å². The lowest BCUT2D eigenvalue weighted by atomic mass is 10.1. The number of nitrogens with one attached hydrogen (secondary N) is 1. The minimum atomic E-state index is -0.456. The van der Waals surface area contributed by atoms with Crippen LogP contribution in [0, 0.1) is 0 Å². The Labute approximate surface area is 206 Å². The van der Waals surface area contributed by atoms with Gasteiger partial charge in [-0.15, -0.1) is 0 Å². The molecule has 4 aromatic rings. The maximum atomic E-state index is 13.4. The molecule has 0 saturated heterocycles. The second kappa shape index (κ2) is 9.36. The van der Waals surface area contributed by atoms with Crippen LogP contribution >= 0.6 is 39.1 Å². The van der Waals surface area contributed by atoms with Gasteiger partial charge in [0.15, 0.2) is 0 Å². The van der Waals surface area contributed by atoms with Gasteiger partial charge in [0.25, 0.3) is 11.5 Å². The summed E-state index contributed by atoms with van der Waals surface area (Å²) in [5.41, 5.74) is 3.42. The van der Waals surface area contributed by atoms with Gasteiger partial charge in [0.05, 0.1) is 21.6 Å². The van der Waals surface area contributed by atoms with E-state index in [0.717, 1.165) is 4.47 Å². The summed E-state index contributed by atoms with van der Waals surface area (Å²) < 4.78 is 2.13. The van der Waals surface area contributed by atoms with Gasteiger partial charge in [-0.2, -0.15) is 0 Å². The number of rotatable bonds is 4. The number of amides is 1. The van der Waals surface area contributed by atoms with Crippen LogP contribution < -0.4 is 16.8 Å². The van der Waals surface area contributed by atoms with Gasteiger partial charge in [-0.3, -0.25) is 19.6 Å². The van der Waals surface area contributed by atoms with Crippen LogP contribution in [0.1, 0.15) is 21.7 Å². The van der Waals surface area contributed by atoms with Gasteiger partial charge in [0, 0.05) is 20.6 Å². The lowest BCUT2D eigenvalue weighted by Crippen LogP contribution is -2.30. The second-order valence-electron chi connectivity index (χ2n) is 6.95. The van der Waals surface area contributed by atoms with Crippen LogP contribution in [0.3, 0.4) is 0 Å². The molecule has 0 radical (unpaired) electrons. The predicted molar refractivity (Wildman–Crippen MR) is 134 cm³/mol. The average Bonchev–Trinajstić information content (AvgIpc) is 2.80. The number of phenolic OH excluding ortho intramolecular Hbond substituents is 1. The van der Waals surface area contributed by atoms with Crippen LogP contribution in [0.15, 0.2) is 63.9 Å². The van der Waals surface area contributed by atoms with E-state index in [1.807, 2.05) is 0 Å². The molecule has 0 unspecified atom stereocenters. The fourth-order valence-electron chi connectivity index (χ4n) is 3.26. The molecule has 0 aliphatic rings. The first kappa shape index (κ1) is 23.0. The van der Waals surface area contributed by atoms with E-state index in [0.29, 0.717) is 38.6 Å². The maximum Gasteiger partial charge on any atom is 0.266 e. The molecule has 33 heavy (non-hydrogen) atoms. The first-order valence-electron chi connectivity index (χ1n) is 9.48. The second-order valence-corrected chi connectivity index (χ2v) is 8.71. The highest BCUT2D eigenvalue weighted by Crippen LogP contribution is 2.32. The normalized spacial score (nSPS) is 11.3. The van der Waals surface area contributed by atoms with Gasteiger partial charge < -0.3 is 5.11 Å². The van der Waals surface area contributed by atoms with E-state index in [-0.39, 0.29) is 16.3 Å². The molecular formula is C23H15BrCl2N4O3. The van der Waals surface area contributed by atoms with Crippen molar-refractivity contribution in [2.24, 2.45) is 5.84 Å². The fourth-order valence-corrected chi connectivity index (χ4v) is 4.13. The zero-order valence-corrected chi connectivity index (χ0v) is 19.8. The van der Waals surface area contributed by atoms with Gasteiger partial charge in [-0.05, 0) is 66.7 Å². The molecule has 0 bridgehead atoms. The van der Waals surface area contributed by atoms with Crippen molar-refractivity contribution >= 4 is 68.1 Å². The zero-order valence-electron chi connectivity index (χ0n) is 16.7. The number of phenols is 1. The van der Waals surface area contributed by atoms with Crippen molar-refractivity contribution in [3.05, 3.63) is 96.4 Å². The molecule has 1 aromatic heterocycles. The van der Waals surface area contributed by atoms with Crippen molar-refractivity contribution in [1.82, 2.24) is 15.0 Å². The van der Waals surface area contributed by atoms with Crippen LogP contribution in [-0.4, -0.2) is 20.6 Å². The molecular weight excluding hydrogens is 531 g/mol. The highest BCUT2D eigenvalue weighted by Gasteiger charge is 2.13. The lowest BCUT2D eigenvalue weighted by molar-refractivity contribution is 0.0953. The van der Waals surface area contributed by atoms with E-state index < -0.39 is 5.91 Å². The molecule has 1 amide bonds. The Morgan fingerprint density at radius 2 is 1.82 bits per heavy atom. The summed E-state index contributed by atoms with van der Waals surface area (Å²) in [5, 5.41) is 11.1. The molecule has 10 heteroatoms. The number of carbonyl (C=O) groups excluding carboxylic acids is 1. The van der Waals surface area contributed by atoms with Crippen molar-refractivity contribution in [3.8, 4) is 11.4 Å². The number of carbonyl (C=O) groups is 1. The summed E-state index contributed by atoms with van der Waals surface area (Å²) in [4.78, 5) is 29.8. The molecule has 0 atom stereocenters. The summed E-state index contributed by atoms with van der Waals surface area (Å²) >= 11 is 15.5. The average molecular weight is 546 g/mol. The predicted octanol–water partition coefficient (Wildman–Crippen LogP) is 4.93. The SMILES string of the molecule is NNC(=O)c1ccc(-n2c(/C=C/c3cc(Cl)cc(Cl)c3O)nc3ccc(Br)cc3c2=O)cc1. The number of nitrogen functional groups attached to an aromatic ring is 1. The lowest BCUT2D eigenvalue weighted by Gasteiger charge is -2.12. The van der Waals surface area contributed by atoms with Crippen molar-refractivity contribution in [1.29, 1.82) is 0 Å². The number of aromatic hydroxyl groups is 1. The zero-order chi connectivity index (χ0) is 23.7. The molecule has 4 N–H and O–H groups in total. The van der Waals surface area contributed by atoms with Gasteiger partial charge in [-0.25, -0.2) is 10.8 Å². The summed E-state index contributed by atoms with van der Waals surface area (Å²) in [6, 6.07) is 14.5. The van der Waals surface area contributed by atoms with Crippen molar-refractivity contribution in [2.75, 3.05) is 0 Å². The largest absolute Gasteiger partial charge is 0.506 e. The molecule has 3 aromatic carbocycles. The number of aromatic nitrogens is 2. The Balaban J connectivity index is 1.93. The first-order chi connectivity index (χ1) is 15.8. The third-order valence-electron chi connectivity index (χ3n) is 4.84. The molecule has 0 spiro atoms. The summed E-state index contributed by atoms with van der Waals surface area (Å²) in [6.45, 7) is 0. The van der Waals surface area contributed by atoms with E-state index in [4.69, 9.17) is 29.0 Å². The van der Waals surface area contributed by atoms with E-state index in [1.54, 1.807) is 60.7 Å². The Bertz CT molecular complexity index is 1480. The van der Waals surface area contributed by atoms with Crippen LogP contribution in [0.2, 0.25) is 10.0 Å². The van der Waals surface area contributed by atoms with Gasteiger partial charge in [0.1, 0.15) is 11.6 Å². The topological polar surface area (TPSA) is 110 Å². The van der Waals surface area contributed by atoms with Gasteiger partial charge in [0.2, 0.25) is 0 Å². The smallest absolute Gasteiger partial charge is 0.266 e. The minimum Gasteiger partial charge on any atom is -0.506 e. The van der Waals surface area contributed by atoms with E-state index >= 15 is 0 Å². The first-order valence-corrected chi connectivity index (χ1v) is 11.0. The number of nitrogens with two attached hydrogens (primary N) is 1. The molecule has 4 rings (SSSR count). The Morgan fingerprint density at radius 1 is 1.09 bits per heavy atom. The van der Waals surface area contributed by atoms with Crippen LogP contribution in [0.4, 0.5) is 0 Å². The quantitative estimate of drug-likeness (QED) is 0.191. The number of halogens is 3. The summed E-state index contributed by atoms with van der Waals surface area (Å²) in [6.07, 6.45) is 3.14. The van der Waals surface area contributed by atoms with Crippen molar-refractivity contribution in [3.63, 3.8) is 0 Å². The van der Waals surface area contributed by atoms with Crippen molar-refractivity contribution in [2.45, 2.75) is 0 Å². The number of benzene rings is 3. The Morgan fingerprint density at radius 3 is 2.52 bits per heavy atom. The highest BCUT2D eigenvalue weighted by molar-refractivity contribution is 9.10. The minimum absolute atomic E-state index is 0.102. The van der Waals surface area contributed by atoms with E-state index in [2.05, 4.69) is 26.3 Å². The standard InChI is InChI=1S/C23H15BrCl2N4O3/c24-14-4-7-19-17(10-14)23(33)30(16-5-1-12(2-6-16)22(32)29-27)20(28-19)8-3-13-9-15(25)11-18(26)21(13)31/h1-11,31H,27H2,(H,29,32)/b8-3+. The molecule has 0 saturated carbocycles. The maximum absolute atomic E-state index is 13.4. The molecule has 1 heterocycles. The molecule has 0 fully saturated rings. The number of hydrogen-bond acceptors (Lipinski definition) is 5. The number of hydrogen-bond donors (Lipinski definition) is 3. The molecule has 166 valence electrons. The number of fused-ring (bicyclic) bond motifs is 1. The summed E-state index contributed by atoms with van der Waals surface area (Å²) in [5.74, 6) is 4.88. The summed E-state index contributed by atoms with van der Waals surface area (Å²) in [7, 11) is 0. The molecule has 0 aliphatic carbocycles. The number of nitrogens with zero attached hydrogens (tertiary/aromatic N) is 2. The fraction of sp³-hybridized carbons (Fsp3) is 0. The molecule has 0 aliphatic heterocycles. The third kappa shape index (κ3) is 4.65. The van der Waals surface area contributed by atoms with E-state index in [9.17, 15) is 14.7 Å². The van der Waals surface area contributed by atoms with Crippen LogP contribution in [0.25, 0.3) is 28.7 Å². The molecule has 7 nitrogen and oxygen atoms in total. The van der Waals surface area contributed by atoms with Gasteiger partial charge >= 0.3 is 0 Å². The number of hydrazine groups is 1. The highest BCUT2D eigenvalue weighted by atomic mass is 79.9. The van der Waals surface area contributed by atoms with Gasteiger partial charge in [-0.1, -0.05) is 39.1 Å². The Hall–Kier alpha value is -3.17. The Kier molecular flexibility index (Phi) is 6.53. The van der Waals surface area contributed by atoms with Crippen molar-refractivity contribution < 1.29 is 9.90 Å². The van der Waals surface area contributed by atoms with Crippen LogP contribution in [-0.2, 0) is 0 Å². The van der Waals surface area contributed by atoms with E-state index in [1.165, 1.54) is 10.6 Å². The third-order valence-corrected chi connectivity index (χ3v) is 5.84. The monoisotopic (exact) mass is 544 g/mol.